The third-order valence-electron chi connectivity index (χ3n) is 6.03. The van der Waals surface area contributed by atoms with Crippen molar-refractivity contribution in [3.63, 3.8) is 0 Å². The summed E-state index contributed by atoms with van der Waals surface area (Å²) < 4.78 is 27.9. The average Bonchev–Trinajstić information content (AvgIpc) is 3.45. The Hall–Kier alpha value is -2.17. The Labute approximate surface area is 203 Å². The minimum absolute atomic E-state index is 0.000694. The van der Waals surface area contributed by atoms with Crippen LogP contribution < -0.4 is 9.62 Å². The van der Waals surface area contributed by atoms with Gasteiger partial charge in [-0.2, -0.15) is 0 Å². The summed E-state index contributed by atoms with van der Waals surface area (Å²) in [5.41, 5.74) is 0.931. The van der Waals surface area contributed by atoms with Crippen LogP contribution in [-0.2, 0) is 21.2 Å². The highest BCUT2D eigenvalue weighted by molar-refractivity contribution is 7.89. The molecule has 2 aromatic rings. The van der Waals surface area contributed by atoms with Crippen molar-refractivity contribution >= 4 is 44.7 Å². The minimum Gasteiger partial charge on any atom is -0.356 e. The fourth-order valence-electron chi connectivity index (χ4n) is 4.17. The van der Waals surface area contributed by atoms with Crippen LogP contribution >= 0.6 is 22.9 Å². The number of nitrogens with zero attached hydrogens (tertiary/aromatic N) is 4. The molecule has 4 rings (SSSR count). The zero-order chi connectivity index (χ0) is 23.4. The summed E-state index contributed by atoms with van der Waals surface area (Å²) >= 11 is 7.29. The van der Waals surface area contributed by atoms with E-state index < -0.39 is 10.0 Å². The molecule has 0 spiro atoms. The van der Waals surface area contributed by atoms with Crippen molar-refractivity contribution in [2.75, 3.05) is 36.8 Å². The molecule has 0 aliphatic carbocycles. The van der Waals surface area contributed by atoms with E-state index in [0.717, 1.165) is 48.0 Å². The van der Waals surface area contributed by atoms with E-state index in [9.17, 15) is 13.2 Å². The van der Waals surface area contributed by atoms with Crippen molar-refractivity contribution in [2.24, 2.45) is 5.92 Å². The number of likely N-dealkylation sites (tertiary alicyclic amines) is 1. The van der Waals surface area contributed by atoms with E-state index in [4.69, 9.17) is 11.6 Å². The second kappa shape index (κ2) is 10.4. The van der Waals surface area contributed by atoms with Crippen LogP contribution in [0.15, 0.2) is 36.2 Å². The first-order chi connectivity index (χ1) is 15.8. The van der Waals surface area contributed by atoms with Crippen LogP contribution in [0.4, 0.5) is 5.82 Å². The highest BCUT2D eigenvalue weighted by Crippen LogP contribution is 2.26. The number of piperidine rings is 1. The lowest BCUT2D eigenvalue weighted by Gasteiger charge is -2.33. The SMILES string of the molecule is Cc1nccc(N2CCC(C(=O)N3CCC(=CNS(=O)(=O)CCc4ccc(Cl)s4)C3)CC2)n1. The highest BCUT2D eigenvalue weighted by atomic mass is 35.5. The number of thiophene rings is 1. The normalized spacial score (nSPS) is 18.8. The summed E-state index contributed by atoms with van der Waals surface area (Å²) in [5, 5.41) is 0. The van der Waals surface area contributed by atoms with E-state index in [1.165, 1.54) is 11.3 Å². The van der Waals surface area contributed by atoms with Gasteiger partial charge in [-0.25, -0.2) is 18.4 Å². The quantitative estimate of drug-likeness (QED) is 0.616. The number of carbonyl (C=O) groups excluding carboxylic acids is 1. The zero-order valence-corrected chi connectivity index (χ0v) is 20.9. The second-order valence-electron chi connectivity index (χ2n) is 8.43. The zero-order valence-electron chi connectivity index (χ0n) is 18.5. The Balaban J connectivity index is 1.24. The molecule has 2 aliphatic heterocycles. The summed E-state index contributed by atoms with van der Waals surface area (Å²) in [7, 11) is -3.43. The van der Waals surface area contributed by atoms with Gasteiger partial charge in [0.05, 0.1) is 10.1 Å². The number of amides is 1. The standard InChI is InChI=1S/C22H28ClN5O3S2/c1-16-24-9-4-21(26-16)27-11-6-18(7-12-27)22(29)28-10-5-17(15-28)14-25-33(30,31)13-8-19-2-3-20(23)32-19/h2-4,9,14,18,25H,5-8,10-13,15H2,1H3. The molecule has 0 aromatic carbocycles. The van der Waals surface area contributed by atoms with Crippen molar-refractivity contribution in [3.05, 3.63) is 51.2 Å². The molecular weight excluding hydrogens is 482 g/mol. The smallest absolute Gasteiger partial charge is 0.232 e. The predicted molar refractivity (Wildman–Crippen MR) is 131 cm³/mol. The number of anilines is 1. The molecule has 0 saturated carbocycles. The highest BCUT2D eigenvalue weighted by Gasteiger charge is 2.31. The summed E-state index contributed by atoms with van der Waals surface area (Å²) in [5.74, 6) is 1.82. The number of carbonyl (C=O) groups is 1. The molecule has 0 unspecified atom stereocenters. The van der Waals surface area contributed by atoms with E-state index in [-0.39, 0.29) is 17.6 Å². The van der Waals surface area contributed by atoms with Gasteiger partial charge in [0.15, 0.2) is 0 Å². The van der Waals surface area contributed by atoms with E-state index in [2.05, 4.69) is 19.6 Å². The van der Waals surface area contributed by atoms with Crippen LogP contribution in [0.2, 0.25) is 4.34 Å². The number of rotatable bonds is 7. The Kier molecular flexibility index (Phi) is 7.55. The molecule has 0 radical (unpaired) electrons. The number of hydrogen-bond donors (Lipinski definition) is 1. The molecule has 4 heterocycles. The number of sulfonamides is 1. The molecule has 2 fully saturated rings. The van der Waals surface area contributed by atoms with Crippen molar-refractivity contribution in [2.45, 2.75) is 32.6 Å². The van der Waals surface area contributed by atoms with Gasteiger partial charge in [-0.1, -0.05) is 11.6 Å². The molecule has 2 saturated heterocycles. The summed E-state index contributed by atoms with van der Waals surface area (Å²) in [6.45, 7) is 4.56. The molecule has 178 valence electrons. The van der Waals surface area contributed by atoms with Gasteiger partial charge in [0.25, 0.3) is 0 Å². The van der Waals surface area contributed by atoms with Crippen molar-refractivity contribution in [1.29, 1.82) is 0 Å². The van der Waals surface area contributed by atoms with Crippen molar-refractivity contribution in [1.82, 2.24) is 19.6 Å². The van der Waals surface area contributed by atoms with Gasteiger partial charge in [0.2, 0.25) is 15.9 Å². The summed E-state index contributed by atoms with van der Waals surface area (Å²) in [6.07, 6.45) is 6.01. The summed E-state index contributed by atoms with van der Waals surface area (Å²) in [6, 6.07) is 5.53. The van der Waals surface area contributed by atoms with Crippen LogP contribution in [0.1, 0.15) is 30.0 Å². The van der Waals surface area contributed by atoms with Crippen LogP contribution in [0.25, 0.3) is 0 Å². The van der Waals surface area contributed by atoms with Gasteiger partial charge in [-0.3, -0.25) is 9.52 Å². The third kappa shape index (κ3) is 6.45. The Bertz CT molecular complexity index is 1130. The molecular formula is C22H28ClN5O3S2. The first-order valence-electron chi connectivity index (χ1n) is 11.0. The molecule has 0 bridgehead atoms. The molecule has 33 heavy (non-hydrogen) atoms. The molecule has 2 aliphatic rings. The second-order valence-corrected chi connectivity index (χ2v) is 12.1. The molecule has 2 aromatic heterocycles. The molecule has 1 N–H and O–H groups in total. The predicted octanol–water partition coefficient (Wildman–Crippen LogP) is 2.99. The third-order valence-corrected chi connectivity index (χ3v) is 8.54. The lowest BCUT2D eigenvalue weighted by Crippen LogP contribution is -2.42. The number of aryl methyl sites for hydroxylation is 2. The number of nitrogens with one attached hydrogen (secondary N) is 1. The summed E-state index contributed by atoms with van der Waals surface area (Å²) in [4.78, 5) is 26.6. The molecule has 0 atom stereocenters. The van der Waals surface area contributed by atoms with Crippen molar-refractivity contribution in [3.8, 4) is 0 Å². The van der Waals surface area contributed by atoms with Gasteiger partial charge in [-0.05, 0) is 56.4 Å². The van der Waals surface area contributed by atoms with Crippen LogP contribution in [0, 0.1) is 12.8 Å². The lowest BCUT2D eigenvalue weighted by atomic mass is 9.95. The monoisotopic (exact) mass is 509 g/mol. The largest absolute Gasteiger partial charge is 0.356 e. The van der Waals surface area contributed by atoms with Gasteiger partial charge in [-0.15, -0.1) is 11.3 Å². The first-order valence-corrected chi connectivity index (χ1v) is 13.9. The van der Waals surface area contributed by atoms with E-state index in [1.54, 1.807) is 18.5 Å². The Morgan fingerprint density at radius 1 is 1.27 bits per heavy atom. The Morgan fingerprint density at radius 3 is 2.76 bits per heavy atom. The van der Waals surface area contributed by atoms with E-state index >= 15 is 0 Å². The van der Waals surface area contributed by atoms with Gasteiger partial charge < -0.3 is 9.80 Å². The fourth-order valence-corrected chi connectivity index (χ4v) is 6.34. The van der Waals surface area contributed by atoms with Crippen molar-refractivity contribution < 1.29 is 13.2 Å². The van der Waals surface area contributed by atoms with E-state index in [1.807, 2.05) is 24.0 Å². The van der Waals surface area contributed by atoms with Gasteiger partial charge >= 0.3 is 0 Å². The maximum Gasteiger partial charge on any atom is 0.232 e. The minimum atomic E-state index is -3.43. The topological polar surface area (TPSA) is 95.5 Å². The van der Waals surface area contributed by atoms with Crippen LogP contribution in [-0.4, -0.2) is 61.1 Å². The molecule has 1 amide bonds. The Morgan fingerprint density at radius 2 is 2.06 bits per heavy atom. The maximum absolute atomic E-state index is 13.0. The van der Waals surface area contributed by atoms with Crippen LogP contribution in [0.3, 0.4) is 0 Å². The van der Waals surface area contributed by atoms with Gasteiger partial charge in [0, 0.05) is 49.4 Å². The average molecular weight is 510 g/mol. The molecule has 8 nitrogen and oxygen atoms in total. The number of hydrogen-bond acceptors (Lipinski definition) is 7. The maximum atomic E-state index is 13.0. The van der Waals surface area contributed by atoms with E-state index in [0.29, 0.717) is 30.3 Å². The lowest BCUT2D eigenvalue weighted by molar-refractivity contribution is -0.134. The van der Waals surface area contributed by atoms with Crippen LogP contribution in [0.5, 0.6) is 0 Å². The molecule has 11 heteroatoms. The number of aromatic nitrogens is 2. The first kappa shape index (κ1) is 24.0. The fraction of sp³-hybridized carbons (Fsp3) is 0.500. The van der Waals surface area contributed by atoms with Gasteiger partial charge in [0.1, 0.15) is 11.6 Å². The number of halogens is 1.